The summed E-state index contributed by atoms with van der Waals surface area (Å²) >= 11 is 0. The van der Waals surface area contributed by atoms with E-state index in [4.69, 9.17) is 5.26 Å². The molecule has 2 rings (SSSR count). The fourth-order valence-corrected chi connectivity index (χ4v) is 2.40. The van der Waals surface area contributed by atoms with Crippen LogP contribution in [0.1, 0.15) is 25.7 Å². The van der Waals surface area contributed by atoms with Gasteiger partial charge in [0.25, 0.3) is 0 Å². The lowest BCUT2D eigenvalue weighted by atomic mass is 9.98. The predicted octanol–water partition coefficient (Wildman–Crippen LogP) is 0.123. The topological polar surface area (TPSA) is 64.4 Å². The van der Waals surface area contributed by atoms with Gasteiger partial charge in [0.1, 0.15) is 6.04 Å². The fourth-order valence-electron chi connectivity index (χ4n) is 2.40. The van der Waals surface area contributed by atoms with Crippen LogP contribution in [0, 0.1) is 11.3 Å². The van der Waals surface area contributed by atoms with E-state index in [0.29, 0.717) is 19.5 Å². The summed E-state index contributed by atoms with van der Waals surface area (Å²) in [7, 11) is 0. The standard InChI is InChI=1S/C11H15N3O2/c12-5-3-6-13-8-10(15)14-7-2-1-4-9(14)11(13)16/h9H,1-4,6-8H2. The maximum Gasteiger partial charge on any atom is 0.245 e. The number of nitrogens with zero attached hydrogens (tertiary/aromatic N) is 3. The van der Waals surface area contributed by atoms with E-state index in [9.17, 15) is 9.59 Å². The molecule has 2 saturated heterocycles. The first kappa shape index (κ1) is 10.9. The molecular weight excluding hydrogens is 206 g/mol. The third kappa shape index (κ3) is 1.87. The monoisotopic (exact) mass is 221 g/mol. The van der Waals surface area contributed by atoms with Crippen LogP contribution < -0.4 is 0 Å². The highest BCUT2D eigenvalue weighted by atomic mass is 16.2. The first-order valence-corrected chi connectivity index (χ1v) is 5.69. The molecule has 0 aromatic rings. The molecule has 2 fully saturated rings. The number of fused-ring (bicyclic) bond motifs is 1. The van der Waals surface area contributed by atoms with Crippen molar-refractivity contribution in [3.8, 4) is 6.07 Å². The number of hydrogen-bond donors (Lipinski definition) is 0. The van der Waals surface area contributed by atoms with Gasteiger partial charge in [-0.3, -0.25) is 9.59 Å². The molecule has 2 aliphatic heterocycles. The minimum absolute atomic E-state index is 0.0227. The van der Waals surface area contributed by atoms with E-state index >= 15 is 0 Å². The largest absolute Gasteiger partial charge is 0.331 e. The van der Waals surface area contributed by atoms with Crippen molar-refractivity contribution in [1.29, 1.82) is 5.26 Å². The van der Waals surface area contributed by atoms with Crippen LogP contribution in [0.15, 0.2) is 0 Å². The molecule has 1 unspecified atom stereocenters. The van der Waals surface area contributed by atoms with Crippen molar-refractivity contribution >= 4 is 11.8 Å². The smallest absolute Gasteiger partial charge is 0.245 e. The number of piperazine rings is 1. The zero-order chi connectivity index (χ0) is 11.5. The van der Waals surface area contributed by atoms with Crippen molar-refractivity contribution in [3.63, 3.8) is 0 Å². The zero-order valence-corrected chi connectivity index (χ0v) is 9.19. The fraction of sp³-hybridized carbons (Fsp3) is 0.727. The molecule has 5 heteroatoms. The third-order valence-corrected chi connectivity index (χ3v) is 3.24. The highest BCUT2D eigenvalue weighted by Crippen LogP contribution is 2.22. The first-order chi connectivity index (χ1) is 7.74. The summed E-state index contributed by atoms with van der Waals surface area (Å²) in [5.74, 6) is 0.0526. The molecule has 0 aromatic heterocycles. The van der Waals surface area contributed by atoms with Gasteiger partial charge in [-0.05, 0) is 19.3 Å². The molecule has 86 valence electrons. The minimum atomic E-state index is -0.256. The average molecular weight is 221 g/mol. The van der Waals surface area contributed by atoms with Crippen molar-refractivity contribution in [2.24, 2.45) is 0 Å². The lowest BCUT2D eigenvalue weighted by molar-refractivity contribution is -0.157. The molecule has 0 aromatic carbocycles. The van der Waals surface area contributed by atoms with Crippen LogP contribution in [0.25, 0.3) is 0 Å². The van der Waals surface area contributed by atoms with E-state index in [-0.39, 0.29) is 24.4 Å². The molecule has 0 radical (unpaired) electrons. The number of nitriles is 1. The number of carbonyl (C=O) groups excluding carboxylic acids is 2. The van der Waals surface area contributed by atoms with Gasteiger partial charge < -0.3 is 9.80 Å². The predicted molar refractivity (Wildman–Crippen MR) is 56.2 cm³/mol. The molecule has 2 aliphatic rings. The Kier molecular flexibility index (Phi) is 3.09. The molecule has 5 nitrogen and oxygen atoms in total. The maximum atomic E-state index is 12.0. The van der Waals surface area contributed by atoms with E-state index in [1.54, 1.807) is 4.90 Å². The molecule has 0 bridgehead atoms. The Morgan fingerprint density at radius 3 is 2.94 bits per heavy atom. The van der Waals surface area contributed by atoms with Crippen molar-refractivity contribution in [1.82, 2.24) is 9.80 Å². The number of amides is 2. The van der Waals surface area contributed by atoms with E-state index in [1.807, 2.05) is 6.07 Å². The van der Waals surface area contributed by atoms with Crippen LogP contribution in [0.3, 0.4) is 0 Å². The van der Waals surface area contributed by atoms with Crippen molar-refractivity contribution in [2.45, 2.75) is 31.7 Å². The van der Waals surface area contributed by atoms with Crippen LogP contribution in [-0.2, 0) is 9.59 Å². The first-order valence-electron chi connectivity index (χ1n) is 5.69. The maximum absolute atomic E-state index is 12.0. The number of carbonyl (C=O) groups is 2. The van der Waals surface area contributed by atoms with Gasteiger partial charge in [0.05, 0.1) is 19.0 Å². The third-order valence-electron chi connectivity index (χ3n) is 3.24. The Labute approximate surface area is 94.6 Å². The molecule has 2 amide bonds. The number of rotatable bonds is 2. The summed E-state index contributed by atoms with van der Waals surface area (Å²) in [5.41, 5.74) is 0. The molecule has 0 spiro atoms. The van der Waals surface area contributed by atoms with Gasteiger partial charge in [-0.15, -0.1) is 0 Å². The molecule has 1 atom stereocenters. The zero-order valence-electron chi connectivity index (χ0n) is 9.19. The van der Waals surface area contributed by atoms with Crippen LogP contribution in [-0.4, -0.2) is 47.3 Å². The minimum Gasteiger partial charge on any atom is -0.331 e. The van der Waals surface area contributed by atoms with Crippen molar-refractivity contribution in [2.75, 3.05) is 19.6 Å². The van der Waals surface area contributed by atoms with Gasteiger partial charge in [-0.25, -0.2) is 0 Å². The molecule has 0 N–H and O–H groups in total. The summed E-state index contributed by atoms with van der Waals surface area (Å²) in [6.07, 6.45) is 3.07. The average Bonchev–Trinajstić information content (AvgIpc) is 2.32. The summed E-state index contributed by atoms with van der Waals surface area (Å²) in [4.78, 5) is 27.1. The van der Waals surface area contributed by atoms with Crippen molar-refractivity contribution in [3.05, 3.63) is 0 Å². The van der Waals surface area contributed by atoms with Crippen LogP contribution in [0.4, 0.5) is 0 Å². The Balaban J connectivity index is 2.07. The normalized spacial score (nSPS) is 25.3. The summed E-state index contributed by atoms with van der Waals surface area (Å²) in [6.45, 7) is 1.24. The summed E-state index contributed by atoms with van der Waals surface area (Å²) < 4.78 is 0. The van der Waals surface area contributed by atoms with E-state index in [1.165, 1.54) is 4.90 Å². The highest BCUT2D eigenvalue weighted by Gasteiger charge is 2.39. The summed E-state index contributed by atoms with van der Waals surface area (Å²) in [5, 5.41) is 8.50. The number of hydrogen-bond acceptors (Lipinski definition) is 3. The van der Waals surface area contributed by atoms with Gasteiger partial charge in [-0.2, -0.15) is 5.26 Å². The number of piperidine rings is 1. The second-order valence-corrected chi connectivity index (χ2v) is 4.27. The Morgan fingerprint density at radius 1 is 1.38 bits per heavy atom. The molecular formula is C11H15N3O2. The van der Waals surface area contributed by atoms with E-state index < -0.39 is 0 Å². The second-order valence-electron chi connectivity index (χ2n) is 4.27. The molecule has 16 heavy (non-hydrogen) atoms. The quantitative estimate of drug-likeness (QED) is 0.665. The van der Waals surface area contributed by atoms with E-state index in [2.05, 4.69) is 0 Å². The van der Waals surface area contributed by atoms with Gasteiger partial charge in [0, 0.05) is 13.1 Å². The van der Waals surface area contributed by atoms with Gasteiger partial charge >= 0.3 is 0 Å². The van der Waals surface area contributed by atoms with Gasteiger partial charge in [0.2, 0.25) is 11.8 Å². The van der Waals surface area contributed by atoms with Crippen LogP contribution in [0.2, 0.25) is 0 Å². The van der Waals surface area contributed by atoms with Crippen molar-refractivity contribution < 1.29 is 9.59 Å². The lowest BCUT2D eigenvalue weighted by Gasteiger charge is -2.42. The van der Waals surface area contributed by atoms with E-state index in [0.717, 1.165) is 19.3 Å². The lowest BCUT2D eigenvalue weighted by Crippen LogP contribution is -2.61. The van der Waals surface area contributed by atoms with Crippen LogP contribution >= 0.6 is 0 Å². The van der Waals surface area contributed by atoms with Gasteiger partial charge in [-0.1, -0.05) is 0 Å². The highest BCUT2D eigenvalue weighted by molar-refractivity contribution is 5.95. The molecule has 0 aliphatic carbocycles. The second kappa shape index (κ2) is 4.52. The van der Waals surface area contributed by atoms with Crippen LogP contribution in [0.5, 0.6) is 0 Å². The Bertz CT molecular complexity index is 348. The molecule has 0 saturated carbocycles. The SMILES string of the molecule is N#CCCN1CC(=O)N2CCCCC2C1=O. The Morgan fingerprint density at radius 2 is 2.19 bits per heavy atom. The van der Waals surface area contributed by atoms with Gasteiger partial charge in [0.15, 0.2) is 0 Å². The molecule has 2 heterocycles. The Hall–Kier alpha value is -1.57. The summed E-state index contributed by atoms with van der Waals surface area (Å²) in [6, 6.07) is 1.75.